The quantitative estimate of drug-likeness (QED) is 0.663. The van der Waals surface area contributed by atoms with Crippen molar-refractivity contribution in [1.29, 1.82) is 0 Å². The molecule has 1 fully saturated rings. The minimum atomic E-state index is -0.389. The fourth-order valence-corrected chi connectivity index (χ4v) is 1.46. The summed E-state index contributed by atoms with van der Waals surface area (Å²) in [6.07, 6.45) is 1.07. The van der Waals surface area contributed by atoms with E-state index in [0.717, 1.165) is 13.0 Å². The molecular weight excluding hydrogens is 168 g/mol. The highest BCUT2D eigenvalue weighted by Crippen LogP contribution is 2.17. The summed E-state index contributed by atoms with van der Waals surface area (Å²) < 4.78 is 0. The molecule has 1 saturated heterocycles. The second-order valence-corrected chi connectivity index (χ2v) is 3.59. The van der Waals surface area contributed by atoms with E-state index < -0.39 is 0 Å². The predicted octanol–water partition coefficient (Wildman–Crippen LogP) is 0.132. The molecule has 4 heteroatoms. The molecule has 0 aromatic heterocycles. The van der Waals surface area contributed by atoms with Crippen LogP contribution in [0.1, 0.15) is 27.2 Å². The monoisotopic (exact) mass is 184 g/mol. The summed E-state index contributed by atoms with van der Waals surface area (Å²) in [6.45, 7) is 5.98. The summed E-state index contributed by atoms with van der Waals surface area (Å²) in [5, 5.41) is 2.58. The van der Waals surface area contributed by atoms with Crippen LogP contribution in [-0.2, 0) is 9.59 Å². The van der Waals surface area contributed by atoms with Crippen LogP contribution in [0.15, 0.2) is 0 Å². The van der Waals surface area contributed by atoms with Crippen molar-refractivity contribution >= 4 is 11.8 Å². The van der Waals surface area contributed by atoms with Crippen LogP contribution in [0.2, 0.25) is 0 Å². The summed E-state index contributed by atoms with van der Waals surface area (Å²) in [5.74, 6) is -0.136. The van der Waals surface area contributed by atoms with Crippen LogP contribution in [0.5, 0.6) is 0 Å². The van der Waals surface area contributed by atoms with Gasteiger partial charge in [-0.15, -0.1) is 0 Å². The maximum absolute atomic E-state index is 11.6. The Morgan fingerprint density at radius 2 is 2.15 bits per heavy atom. The van der Waals surface area contributed by atoms with Crippen LogP contribution in [0.3, 0.4) is 0 Å². The van der Waals surface area contributed by atoms with Crippen molar-refractivity contribution in [2.45, 2.75) is 39.3 Å². The first-order chi connectivity index (χ1) is 6.02. The molecule has 0 radical (unpaired) electrons. The van der Waals surface area contributed by atoms with E-state index in [2.05, 4.69) is 5.32 Å². The number of nitrogens with zero attached hydrogens (tertiary/aromatic N) is 1. The maximum atomic E-state index is 11.6. The number of amides is 2. The number of nitrogens with one attached hydrogen (secondary N) is 1. The molecule has 0 saturated carbocycles. The van der Waals surface area contributed by atoms with E-state index in [1.807, 2.05) is 6.92 Å². The summed E-state index contributed by atoms with van der Waals surface area (Å²) in [7, 11) is 0. The first kappa shape index (κ1) is 10.0. The van der Waals surface area contributed by atoms with Crippen molar-refractivity contribution in [1.82, 2.24) is 10.2 Å². The zero-order chi connectivity index (χ0) is 10.0. The van der Waals surface area contributed by atoms with E-state index in [1.165, 1.54) is 6.92 Å². The molecule has 74 valence electrons. The van der Waals surface area contributed by atoms with Gasteiger partial charge in [-0.3, -0.25) is 9.59 Å². The fraction of sp³-hybridized carbons (Fsp3) is 0.778. The highest BCUT2D eigenvalue weighted by Gasteiger charge is 2.31. The number of carbonyl (C=O) groups excluding carboxylic acids is 2. The molecule has 1 heterocycles. The van der Waals surface area contributed by atoms with Crippen molar-refractivity contribution in [3.63, 3.8) is 0 Å². The Labute approximate surface area is 78.3 Å². The van der Waals surface area contributed by atoms with Gasteiger partial charge in [0.25, 0.3) is 0 Å². The Hall–Kier alpha value is -1.06. The van der Waals surface area contributed by atoms with Gasteiger partial charge in [-0.05, 0) is 20.3 Å². The molecule has 0 aromatic rings. The van der Waals surface area contributed by atoms with E-state index in [4.69, 9.17) is 0 Å². The lowest BCUT2D eigenvalue weighted by Crippen LogP contribution is -2.55. The van der Waals surface area contributed by atoms with Gasteiger partial charge in [-0.25, -0.2) is 0 Å². The van der Waals surface area contributed by atoms with Crippen molar-refractivity contribution in [2.75, 3.05) is 6.54 Å². The minimum Gasteiger partial charge on any atom is -0.345 e. The van der Waals surface area contributed by atoms with Gasteiger partial charge in [0.15, 0.2) is 0 Å². The molecule has 2 amide bonds. The maximum Gasteiger partial charge on any atom is 0.245 e. The van der Waals surface area contributed by atoms with Gasteiger partial charge in [-0.1, -0.05) is 0 Å². The van der Waals surface area contributed by atoms with Crippen LogP contribution in [0.25, 0.3) is 0 Å². The SMILES string of the molecule is CC(=O)NC(C)C(=O)N1CCC1C. The van der Waals surface area contributed by atoms with E-state index in [1.54, 1.807) is 11.8 Å². The molecule has 0 aliphatic carbocycles. The molecule has 1 N–H and O–H groups in total. The average Bonchev–Trinajstić information content (AvgIpc) is 2.00. The Balaban J connectivity index is 2.42. The third-order valence-electron chi connectivity index (χ3n) is 2.39. The molecule has 1 rings (SSSR count). The molecule has 0 spiro atoms. The lowest BCUT2D eigenvalue weighted by Gasteiger charge is -2.40. The molecule has 1 aliphatic rings. The first-order valence-electron chi connectivity index (χ1n) is 4.60. The molecule has 4 nitrogen and oxygen atoms in total. The van der Waals surface area contributed by atoms with Crippen LogP contribution < -0.4 is 5.32 Å². The first-order valence-corrected chi connectivity index (χ1v) is 4.60. The van der Waals surface area contributed by atoms with Crippen molar-refractivity contribution in [3.05, 3.63) is 0 Å². The van der Waals surface area contributed by atoms with Crippen molar-refractivity contribution in [2.24, 2.45) is 0 Å². The average molecular weight is 184 g/mol. The summed E-state index contributed by atoms with van der Waals surface area (Å²) >= 11 is 0. The molecule has 0 aromatic carbocycles. The lowest BCUT2D eigenvalue weighted by atomic mass is 10.0. The number of rotatable bonds is 2. The number of carbonyl (C=O) groups is 2. The Morgan fingerprint density at radius 3 is 2.46 bits per heavy atom. The van der Waals surface area contributed by atoms with E-state index >= 15 is 0 Å². The largest absolute Gasteiger partial charge is 0.345 e. The van der Waals surface area contributed by atoms with E-state index in [-0.39, 0.29) is 17.9 Å². The second kappa shape index (κ2) is 3.77. The highest BCUT2D eigenvalue weighted by atomic mass is 16.2. The summed E-state index contributed by atoms with van der Waals surface area (Å²) in [5.41, 5.74) is 0. The molecular formula is C9H16N2O2. The minimum absolute atomic E-state index is 0.0222. The molecule has 0 bridgehead atoms. The van der Waals surface area contributed by atoms with Gasteiger partial charge in [0.2, 0.25) is 11.8 Å². The van der Waals surface area contributed by atoms with Gasteiger partial charge in [0.05, 0.1) is 0 Å². The van der Waals surface area contributed by atoms with E-state index in [9.17, 15) is 9.59 Å². The number of hydrogen-bond acceptors (Lipinski definition) is 2. The third-order valence-corrected chi connectivity index (χ3v) is 2.39. The van der Waals surface area contributed by atoms with Gasteiger partial charge >= 0.3 is 0 Å². The van der Waals surface area contributed by atoms with Crippen LogP contribution in [0.4, 0.5) is 0 Å². The second-order valence-electron chi connectivity index (χ2n) is 3.59. The normalized spacial score (nSPS) is 23.3. The number of likely N-dealkylation sites (tertiary alicyclic amines) is 1. The Bertz CT molecular complexity index is 228. The molecule has 2 atom stereocenters. The zero-order valence-corrected chi connectivity index (χ0v) is 8.33. The van der Waals surface area contributed by atoms with Gasteiger partial charge in [-0.2, -0.15) is 0 Å². The zero-order valence-electron chi connectivity index (χ0n) is 8.33. The van der Waals surface area contributed by atoms with Crippen molar-refractivity contribution in [3.8, 4) is 0 Å². The smallest absolute Gasteiger partial charge is 0.245 e. The van der Waals surface area contributed by atoms with Crippen LogP contribution >= 0.6 is 0 Å². The molecule has 13 heavy (non-hydrogen) atoms. The topological polar surface area (TPSA) is 49.4 Å². The van der Waals surface area contributed by atoms with Crippen molar-refractivity contribution < 1.29 is 9.59 Å². The summed E-state index contributed by atoms with van der Waals surface area (Å²) in [6, 6.07) is -0.0519. The fourth-order valence-electron chi connectivity index (χ4n) is 1.46. The van der Waals surface area contributed by atoms with Gasteiger partial charge < -0.3 is 10.2 Å². The molecule has 2 unspecified atom stereocenters. The van der Waals surface area contributed by atoms with Gasteiger partial charge in [0, 0.05) is 19.5 Å². The van der Waals surface area contributed by atoms with Crippen LogP contribution in [-0.4, -0.2) is 35.3 Å². The van der Waals surface area contributed by atoms with Gasteiger partial charge in [0.1, 0.15) is 6.04 Å². The summed E-state index contributed by atoms with van der Waals surface area (Å²) in [4.78, 5) is 24.1. The lowest BCUT2D eigenvalue weighted by molar-refractivity contribution is -0.141. The number of hydrogen-bond donors (Lipinski definition) is 1. The molecule has 1 aliphatic heterocycles. The Morgan fingerprint density at radius 1 is 1.54 bits per heavy atom. The standard InChI is InChI=1S/C9H16N2O2/c1-6-4-5-11(6)9(13)7(2)10-8(3)12/h6-7H,4-5H2,1-3H3,(H,10,12). The Kier molecular flexibility index (Phi) is 2.90. The highest BCUT2D eigenvalue weighted by molar-refractivity contribution is 5.87. The van der Waals surface area contributed by atoms with E-state index in [0.29, 0.717) is 6.04 Å². The van der Waals surface area contributed by atoms with Crippen LogP contribution in [0, 0.1) is 0 Å². The predicted molar refractivity (Wildman–Crippen MR) is 49.1 cm³/mol. The third kappa shape index (κ3) is 2.20.